The second-order valence-corrected chi connectivity index (χ2v) is 6.30. The molecule has 1 atom stereocenters. The van der Waals surface area contributed by atoms with E-state index >= 15 is 0 Å². The Morgan fingerprint density at radius 2 is 2.10 bits per heavy atom. The van der Waals surface area contributed by atoms with E-state index in [1.165, 1.54) is 5.56 Å². The molecule has 3 rings (SSSR count). The Bertz CT molecular complexity index is 690. The molecule has 0 fully saturated rings. The molecule has 1 aromatic carbocycles. The van der Waals surface area contributed by atoms with Crippen LogP contribution in [0.15, 0.2) is 28.7 Å². The number of fused-ring (bicyclic) bond motifs is 1. The average Bonchev–Trinajstić information content (AvgIpc) is 2.99. The fourth-order valence-corrected chi connectivity index (χ4v) is 3.85. The number of nitrogens with zero attached hydrogens (tertiary/aromatic N) is 2. The summed E-state index contributed by atoms with van der Waals surface area (Å²) in [5.41, 5.74) is 4.31. The van der Waals surface area contributed by atoms with Gasteiger partial charge in [-0.15, -0.1) is 0 Å². The monoisotopic (exact) mass is 346 g/mol. The van der Waals surface area contributed by atoms with E-state index in [0.717, 1.165) is 47.2 Å². The highest BCUT2D eigenvalue weighted by molar-refractivity contribution is 9.10. The van der Waals surface area contributed by atoms with Gasteiger partial charge in [0, 0.05) is 24.4 Å². The van der Waals surface area contributed by atoms with Crippen LogP contribution in [0.25, 0.3) is 0 Å². The first-order valence-electron chi connectivity index (χ1n) is 7.51. The standard InChI is InChI=1S/C17H19BrN2O/c1-3-14-16(18)15(20(4-2)19-14)10-12-9-11-7-5-6-8-13(11)17(12)21/h5-8,12H,3-4,9-10H2,1-2H3. The summed E-state index contributed by atoms with van der Waals surface area (Å²) in [6.45, 7) is 5.03. The molecule has 1 unspecified atom stereocenters. The summed E-state index contributed by atoms with van der Waals surface area (Å²) < 4.78 is 3.11. The van der Waals surface area contributed by atoms with E-state index in [1.54, 1.807) is 0 Å². The lowest BCUT2D eigenvalue weighted by Crippen LogP contribution is -2.15. The number of rotatable bonds is 4. The van der Waals surface area contributed by atoms with Crippen molar-refractivity contribution in [2.45, 2.75) is 39.7 Å². The van der Waals surface area contributed by atoms with Crippen LogP contribution < -0.4 is 0 Å². The highest BCUT2D eigenvalue weighted by atomic mass is 79.9. The summed E-state index contributed by atoms with van der Waals surface area (Å²) in [4.78, 5) is 12.5. The normalized spacial score (nSPS) is 17.3. The number of carbonyl (C=O) groups is 1. The Hall–Kier alpha value is -1.42. The molecule has 1 heterocycles. The fraction of sp³-hybridized carbons (Fsp3) is 0.412. The zero-order valence-corrected chi connectivity index (χ0v) is 14.0. The first-order chi connectivity index (χ1) is 10.2. The quantitative estimate of drug-likeness (QED) is 0.843. The molecule has 1 aliphatic rings. The molecule has 0 bridgehead atoms. The zero-order valence-electron chi connectivity index (χ0n) is 12.4. The van der Waals surface area contributed by atoms with Crippen molar-refractivity contribution in [1.29, 1.82) is 0 Å². The summed E-state index contributed by atoms with van der Waals surface area (Å²) >= 11 is 3.67. The summed E-state index contributed by atoms with van der Waals surface area (Å²) in [5.74, 6) is 0.324. The summed E-state index contributed by atoms with van der Waals surface area (Å²) in [5, 5.41) is 4.62. The van der Waals surface area contributed by atoms with Crippen LogP contribution in [0.5, 0.6) is 0 Å². The molecule has 2 aromatic rings. The van der Waals surface area contributed by atoms with Gasteiger partial charge in [0.25, 0.3) is 0 Å². The molecule has 0 amide bonds. The number of hydrogen-bond acceptors (Lipinski definition) is 2. The summed E-state index contributed by atoms with van der Waals surface area (Å²) in [6.07, 6.45) is 2.51. The van der Waals surface area contributed by atoms with Gasteiger partial charge in [-0.25, -0.2) is 0 Å². The van der Waals surface area contributed by atoms with Crippen molar-refractivity contribution in [3.8, 4) is 0 Å². The number of Topliss-reactive ketones (excluding diaryl/α,β-unsaturated/α-hetero) is 1. The molecule has 0 saturated carbocycles. The summed E-state index contributed by atoms with van der Waals surface area (Å²) in [6, 6.07) is 7.97. The van der Waals surface area contributed by atoms with E-state index in [9.17, 15) is 4.79 Å². The Morgan fingerprint density at radius 3 is 2.76 bits per heavy atom. The van der Waals surface area contributed by atoms with Crippen molar-refractivity contribution in [2.24, 2.45) is 5.92 Å². The lowest BCUT2D eigenvalue weighted by Gasteiger charge is -2.10. The van der Waals surface area contributed by atoms with Crippen molar-refractivity contribution in [3.05, 3.63) is 51.3 Å². The van der Waals surface area contributed by atoms with Crippen LogP contribution in [-0.4, -0.2) is 15.6 Å². The SMILES string of the molecule is CCc1nn(CC)c(CC2Cc3ccccc3C2=O)c1Br. The smallest absolute Gasteiger partial charge is 0.166 e. The third-order valence-corrected chi connectivity index (χ3v) is 5.17. The van der Waals surface area contributed by atoms with Crippen molar-refractivity contribution in [1.82, 2.24) is 9.78 Å². The Morgan fingerprint density at radius 1 is 1.33 bits per heavy atom. The fourth-order valence-electron chi connectivity index (χ4n) is 3.13. The molecule has 4 heteroatoms. The predicted molar refractivity (Wildman–Crippen MR) is 86.6 cm³/mol. The number of halogens is 1. The van der Waals surface area contributed by atoms with Crippen LogP contribution in [0, 0.1) is 5.92 Å². The molecule has 21 heavy (non-hydrogen) atoms. The van der Waals surface area contributed by atoms with Gasteiger partial charge in [0.1, 0.15) is 0 Å². The topological polar surface area (TPSA) is 34.9 Å². The number of benzene rings is 1. The molecule has 0 N–H and O–H groups in total. The van der Waals surface area contributed by atoms with Gasteiger partial charge in [0.05, 0.1) is 15.9 Å². The maximum Gasteiger partial charge on any atom is 0.166 e. The number of ketones is 1. The van der Waals surface area contributed by atoms with Crippen LogP contribution in [-0.2, 0) is 25.8 Å². The zero-order chi connectivity index (χ0) is 15.0. The van der Waals surface area contributed by atoms with Gasteiger partial charge >= 0.3 is 0 Å². The first kappa shape index (κ1) is 14.5. The van der Waals surface area contributed by atoms with Gasteiger partial charge in [-0.2, -0.15) is 5.10 Å². The second kappa shape index (κ2) is 5.76. The van der Waals surface area contributed by atoms with E-state index in [1.807, 2.05) is 22.9 Å². The lowest BCUT2D eigenvalue weighted by atomic mass is 9.98. The van der Waals surface area contributed by atoms with E-state index in [-0.39, 0.29) is 11.7 Å². The number of aryl methyl sites for hydroxylation is 2. The maximum atomic E-state index is 12.5. The minimum atomic E-state index is 0.0467. The minimum absolute atomic E-state index is 0.0467. The molecule has 3 nitrogen and oxygen atoms in total. The molecule has 1 aromatic heterocycles. The van der Waals surface area contributed by atoms with Crippen molar-refractivity contribution in [2.75, 3.05) is 0 Å². The largest absolute Gasteiger partial charge is 0.294 e. The Kier molecular flexibility index (Phi) is 3.98. The highest BCUT2D eigenvalue weighted by Crippen LogP contribution is 2.32. The van der Waals surface area contributed by atoms with Crippen LogP contribution in [0.1, 0.15) is 41.2 Å². The first-order valence-corrected chi connectivity index (χ1v) is 8.31. The van der Waals surface area contributed by atoms with Crippen molar-refractivity contribution < 1.29 is 4.79 Å². The molecule has 1 aliphatic carbocycles. The van der Waals surface area contributed by atoms with Gasteiger partial charge in [-0.05, 0) is 41.3 Å². The number of aromatic nitrogens is 2. The predicted octanol–water partition coefficient (Wildman–Crippen LogP) is 3.83. The van der Waals surface area contributed by atoms with Crippen LogP contribution in [0.3, 0.4) is 0 Å². The summed E-state index contributed by atoms with van der Waals surface area (Å²) in [7, 11) is 0. The van der Waals surface area contributed by atoms with E-state index in [0.29, 0.717) is 0 Å². The molecule has 0 radical (unpaired) electrons. The molecular formula is C17H19BrN2O. The van der Waals surface area contributed by atoms with E-state index in [2.05, 4.69) is 40.9 Å². The minimum Gasteiger partial charge on any atom is -0.294 e. The molecular weight excluding hydrogens is 328 g/mol. The van der Waals surface area contributed by atoms with Gasteiger partial charge in [-0.3, -0.25) is 9.48 Å². The molecule has 0 spiro atoms. The van der Waals surface area contributed by atoms with Crippen LogP contribution >= 0.6 is 15.9 Å². The number of hydrogen-bond donors (Lipinski definition) is 0. The third kappa shape index (κ3) is 2.46. The number of carbonyl (C=O) groups excluding carboxylic acids is 1. The highest BCUT2D eigenvalue weighted by Gasteiger charge is 2.31. The van der Waals surface area contributed by atoms with Gasteiger partial charge in [-0.1, -0.05) is 31.2 Å². The lowest BCUT2D eigenvalue weighted by molar-refractivity contribution is 0.0935. The second-order valence-electron chi connectivity index (χ2n) is 5.50. The molecule has 0 saturated heterocycles. The van der Waals surface area contributed by atoms with E-state index in [4.69, 9.17) is 0 Å². The Labute approximate surface area is 133 Å². The van der Waals surface area contributed by atoms with E-state index < -0.39 is 0 Å². The van der Waals surface area contributed by atoms with Crippen molar-refractivity contribution >= 4 is 21.7 Å². The van der Waals surface area contributed by atoms with Gasteiger partial charge < -0.3 is 0 Å². The average molecular weight is 347 g/mol. The third-order valence-electron chi connectivity index (χ3n) is 4.25. The van der Waals surface area contributed by atoms with Crippen molar-refractivity contribution in [3.63, 3.8) is 0 Å². The van der Waals surface area contributed by atoms with Crippen LogP contribution in [0.4, 0.5) is 0 Å². The van der Waals surface area contributed by atoms with Gasteiger partial charge in [0.15, 0.2) is 5.78 Å². The molecule has 110 valence electrons. The molecule has 0 aliphatic heterocycles. The van der Waals surface area contributed by atoms with Crippen LogP contribution in [0.2, 0.25) is 0 Å². The van der Waals surface area contributed by atoms with Gasteiger partial charge in [0.2, 0.25) is 0 Å². The maximum absolute atomic E-state index is 12.5. The Balaban J connectivity index is 1.89.